The van der Waals surface area contributed by atoms with Crippen LogP contribution in [-0.4, -0.2) is 22.7 Å². The number of carbonyl (C=O) groups excluding carboxylic acids is 1. The lowest BCUT2D eigenvalue weighted by Crippen LogP contribution is -2.25. The molecule has 2 N–H and O–H groups in total. The van der Waals surface area contributed by atoms with Crippen LogP contribution in [0.5, 0.6) is 6.01 Å². The summed E-state index contributed by atoms with van der Waals surface area (Å²) in [5.74, 6) is 0.870. The minimum Gasteiger partial charge on any atom is -0.468 e. The van der Waals surface area contributed by atoms with Crippen LogP contribution in [-0.2, 0) is 0 Å². The van der Waals surface area contributed by atoms with Crippen molar-refractivity contribution in [3.63, 3.8) is 0 Å². The molecular weight excluding hydrogens is 266 g/mol. The van der Waals surface area contributed by atoms with E-state index in [1.165, 1.54) is 49.5 Å². The molecule has 5 nitrogen and oxygen atoms in total. The lowest BCUT2D eigenvalue weighted by atomic mass is 9.84. The average Bonchev–Trinajstić information content (AvgIpc) is 3.14. The Labute approximate surface area is 125 Å². The van der Waals surface area contributed by atoms with E-state index < -0.39 is 6.03 Å². The van der Waals surface area contributed by atoms with Crippen LogP contribution in [0.25, 0.3) is 0 Å². The van der Waals surface area contributed by atoms with Gasteiger partial charge in [-0.05, 0) is 25.7 Å². The predicted molar refractivity (Wildman–Crippen MR) is 80.8 cm³/mol. The highest BCUT2D eigenvalue weighted by molar-refractivity contribution is 5.77. The van der Waals surface area contributed by atoms with Crippen LogP contribution in [0, 0.1) is 0 Å². The predicted octanol–water partition coefficient (Wildman–Crippen LogP) is 3.52. The summed E-state index contributed by atoms with van der Waals surface area (Å²) < 4.78 is 6.86. The Kier molecular flexibility index (Phi) is 4.17. The number of aromatic nitrogens is 2. The second-order valence-electron chi connectivity index (χ2n) is 6.36. The van der Waals surface area contributed by atoms with Gasteiger partial charge in [-0.15, -0.1) is 0 Å². The molecule has 0 unspecified atom stereocenters. The van der Waals surface area contributed by atoms with Gasteiger partial charge in [0, 0.05) is 11.8 Å². The Morgan fingerprint density at radius 2 is 1.67 bits per heavy atom. The summed E-state index contributed by atoms with van der Waals surface area (Å²) in [6, 6.07) is -0.103. The average molecular weight is 291 g/mol. The minimum atomic E-state index is -0.468. The van der Waals surface area contributed by atoms with Crippen LogP contribution >= 0.6 is 0 Å². The van der Waals surface area contributed by atoms with Crippen molar-refractivity contribution < 1.29 is 9.53 Å². The maximum absolute atomic E-state index is 11.9. The zero-order valence-electron chi connectivity index (χ0n) is 12.8. The molecule has 0 bridgehead atoms. The third kappa shape index (κ3) is 2.65. The lowest BCUT2D eigenvalue weighted by molar-refractivity contribution is 0.244. The van der Waals surface area contributed by atoms with Gasteiger partial charge in [0.15, 0.2) is 0 Å². The molecule has 0 atom stereocenters. The smallest absolute Gasteiger partial charge is 0.327 e. The highest BCUT2D eigenvalue weighted by Crippen LogP contribution is 2.42. The number of nitrogens with zero attached hydrogens (tertiary/aromatic N) is 2. The van der Waals surface area contributed by atoms with Gasteiger partial charge in [-0.3, -0.25) is 0 Å². The number of ether oxygens (including phenoxy) is 1. The quantitative estimate of drug-likeness (QED) is 0.926. The number of nitrogens with two attached hydrogens (primary N) is 1. The molecule has 1 heterocycles. The standard InChI is InChI=1S/C16H25N3O2/c1-21-16-18-13(11-7-5-6-8-11)14(19(16)15(17)20)12-9-3-2-4-10-12/h11-12H,2-10H2,1H3,(H2,17,20). The molecule has 0 saturated heterocycles. The number of methoxy groups -OCH3 is 1. The Balaban J connectivity index is 2.06. The number of rotatable bonds is 3. The van der Waals surface area contributed by atoms with Gasteiger partial charge < -0.3 is 10.5 Å². The van der Waals surface area contributed by atoms with Crippen molar-refractivity contribution in [1.82, 2.24) is 9.55 Å². The van der Waals surface area contributed by atoms with E-state index in [1.807, 2.05) is 0 Å². The lowest BCUT2D eigenvalue weighted by Gasteiger charge is -2.24. The summed E-state index contributed by atoms with van der Waals surface area (Å²) >= 11 is 0. The topological polar surface area (TPSA) is 70.1 Å². The van der Waals surface area contributed by atoms with E-state index in [2.05, 4.69) is 4.98 Å². The van der Waals surface area contributed by atoms with Crippen molar-refractivity contribution in [3.05, 3.63) is 11.4 Å². The van der Waals surface area contributed by atoms with Gasteiger partial charge in [0.2, 0.25) is 0 Å². The van der Waals surface area contributed by atoms with Gasteiger partial charge in [-0.2, -0.15) is 4.98 Å². The van der Waals surface area contributed by atoms with E-state index in [-0.39, 0.29) is 0 Å². The zero-order valence-corrected chi connectivity index (χ0v) is 12.8. The molecule has 1 aromatic rings. The molecule has 2 aliphatic carbocycles. The first-order valence-corrected chi connectivity index (χ1v) is 8.18. The molecule has 3 rings (SSSR count). The molecule has 0 radical (unpaired) electrons. The first kappa shape index (κ1) is 14.4. The first-order chi connectivity index (χ1) is 10.2. The number of carbonyl (C=O) groups is 1. The molecular formula is C16H25N3O2. The van der Waals surface area contributed by atoms with E-state index in [1.54, 1.807) is 7.11 Å². The van der Waals surface area contributed by atoms with E-state index in [0.29, 0.717) is 17.8 Å². The summed E-state index contributed by atoms with van der Waals surface area (Å²) in [7, 11) is 1.56. The highest BCUT2D eigenvalue weighted by atomic mass is 16.5. The van der Waals surface area contributed by atoms with Crippen molar-refractivity contribution >= 4 is 6.03 Å². The molecule has 2 saturated carbocycles. The first-order valence-electron chi connectivity index (χ1n) is 8.18. The fourth-order valence-electron chi connectivity index (χ4n) is 4.05. The van der Waals surface area contributed by atoms with Crippen LogP contribution in [0.15, 0.2) is 0 Å². The SMILES string of the molecule is COc1nc(C2CCCC2)c(C2CCCCC2)n1C(N)=O. The van der Waals surface area contributed by atoms with Crippen molar-refractivity contribution in [3.8, 4) is 6.01 Å². The Bertz CT molecular complexity index is 512. The van der Waals surface area contributed by atoms with Crippen molar-refractivity contribution in [2.75, 3.05) is 7.11 Å². The molecule has 1 aromatic heterocycles. The second kappa shape index (κ2) is 6.08. The molecule has 5 heteroatoms. The van der Waals surface area contributed by atoms with E-state index in [9.17, 15) is 4.79 Å². The summed E-state index contributed by atoms with van der Waals surface area (Å²) in [5.41, 5.74) is 7.74. The zero-order chi connectivity index (χ0) is 14.8. The summed E-state index contributed by atoms with van der Waals surface area (Å²) in [5, 5.41) is 0. The van der Waals surface area contributed by atoms with Crippen molar-refractivity contribution in [2.45, 2.75) is 69.6 Å². The van der Waals surface area contributed by atoms with Crippen LogP contribution in [0.2, 0.25) is 0 Å². The number of amides is 1. The van der Waals surface area contributed by atoms with Crippen LogP contribution in [0.3, 0.4) is 0 Å². The molecule has 116 valence electrons. The molecule has 1 amide bonds. The summed E-state index contributed by atoms with van der Waals surface area (Å²) in [4.78, 5) is 16.6. The molecule has 2 fully saturated rings. The normalized spacial score (nSPS) is 20.8. The van der Waals surface area contributed by atoms with Crippen LogP contribution < -0.4 is 10.5 Å². The number of imidazole rings is 1. The molecule has 21 heavy (non-hydrogen) atoms. The van der Waals surface area contributed by atoms with E-state index in [4.69, 9.17) is 10.5 Å². The molecule has 0 spiro atoms. The van der Waals surface area contributed by atoms with Crippen molar-refractivity contribution in [1.29, 1.82) is 0 Å². The highest BCUT2D eigenvalue weighted by Gasteiger charge is 2.33. The number of primary amides is 1. The van der Waals surface area contributed by atoms with E-state index in [0.717, 1.165) is 24.2 Å². The van der Waals surface area contributed by atoms with Gasteiger partial charge in [-0.25, -0.2) is 9.36 Å². The van der Waals surface area contributed by atoms with E-state index >= 15 is 0 Å². The van der Waals surface area contributed by atoms with Gasteiger partial charge >= 0.3 is 12.0 Å². The third-order valence-corrected chi connectivity index (χ3v) is 5.05. The maximum Gasteiger partial charge on any atom is 0.327 e. The van der Waals surface area contributed by atoms with Gasteiger partial charge in [0.1, 0.15) is 0 Å². The molecule has 0 aliphatic heterocycles. The van der Waals surface area contributed by atoms with Crippen molar-refractivity contribution in [2.24, 2.45) is 5.73 Å². The van der Waals surface area contributed by atoms with Crippen LogP contribution in [0.1, 0.15) is 81.0 Å². The minimum absolute atomic E-state index is 0.366. The monoisotopic (exact) mass is 291 g/mol. The Morgan fingerprint density at radius 3 is 2.24 bits per heavy atom. The van der Waals surface area contributed by atoms with Gasteiger partial charge in [0.05, 0.1) is 18.5 Å². The van der Waals surface area contributed by atoms with Gasteiger partial charge in [-0.1, -0.05) is 32.1 Å². The molecule has 2 aliphatic rings. The summed E-state index contributed by atoms with van der Waals surface area (Å²) in [6.07, 6.45) is 10.8. The number of hydrogen-bond donors (Lipinski definition) is 1. The Morgan fingerprint density at radius 1 is 1.10 bits per heavy atom. The summed E-state index contributed by atoms with van der Waals surface area (Å²) in [6.45, 7) is 0. The Hall–Kier alpha value is -1.52. The van der Waals surface area contributed by atoms with Gasteiger partial charge in [0.25, 0.3) is 0 Å². The fraction of sp³-hybridized carbons (Fsp3) is 0.750. The largest absolute Gasteiger partial charge is 0.468 e. The second-order valence-corrected chi connectivity index (χ2v) is 6.36. The third-order valence-electron chi connectivity index (χ3n) is 5.05. The number of hydrogen-bond acceptors (Lipinski definition) is 3. The molecule has 0 aromatic carbocycles. The van der Waals surface area contributed by atoms with Crippen LogP contribution in [0.4, 0.5) is 4.79 Å². The maximum atomic E-state index is 11.9. The fourth-order valence-corrected chi connectivity index (χ4v) is 4.05.